The number of hydrogen-bond acceptors (Lipinski definition) is 5. The molecule has 5 nitrogen and oxygen atoms in total. The lowest BCUT2D eigenvalue weighted by Gasteiger charge is -2.18. The average Bonchev–Trinajstić information content (AvgIpc) is 2.66. The van der Waals surface area contributed by atoms with Crippen LogP contribution in [0.5, 0.6) is 11.5 Å². The standard InChI is InChI=1S/C19H19NO4S/c1-25-15-5-3-14(4-6-15)20-19(22)9-7-16(21)13-2-8-17-18(12-13)24-11-10-23-17/h2-6,8,12H,7,9-11H2,1H3,(H,20,22). The number of hydrogen-bond donors (Lipinski definition) is 1. The summed E-state index contributed by atoms with van der Waals surface area (Å²) in [5, 5.41) is 2.80. The quantitative estimate of drug-likeness (QED) is 0.630. The molecule has 1 N–H and O–H groups in total. The number of thioether (sulfide) groups is 1. The third kappa shape index (κ3) is 4.54. The highest BCUT2D eigenvalue weighted by Crippen LogP contribution is 2.31. The predicted octanol–water partition coefficient (Wildman–Crippen LogP) is 3.78. The van der Waals surface area contributed by atoms with Crippen LogP contribution in [0, 0.1) is 0 Å². The Bertz CT molecular complexity index is 773. The maximum absolute atomic E-state index is 12.3. The first-order chi connectivity index (χ1) is 12.2. The van der Waals surface area contributed by atoms with Gasteiger partial charge in [0, 0.05) is 29.0 Å². The number of rotatable bonds is 6. The van der Waals surface area contributed by atoms with E-state index in [0.717, 1.165) is 10.6 Å². The van der Waals surface area contributed by atoms with Gasteiger partial charge in [0.25, 0.3) is 0 Å². The van der Waals surface area contributed by atoms with Crippen LogP contribution >= 0.6 is 11.8 Å². The molecular weight excluding hydrogens is 338 g/mol. The first-order valence-corrected chi connectivity index (χ1v) is 9.25. The van der Waals surface area contributed by atoms with E-state index in [1.807, 2.05) is 30.5 Å². The van der Waals surface area contributed by atoms with Gasteiger partial charge in [0.1, 0.15) is 13.2 Å². The van der Waals surface area contributed by atoms with Crippen molar-refractivity contribution >= 4 is 29.1 Å². The highest BCUT2D eigenvalue weighted by molar-refractivity contribution is 7.98. The van der Waals surface area contributed by atoms with Gasteiger partial charge in [0.15, 0.2) is 17.3 Å². The van der Waals surface area contributed by atoms with Crippen molar-refractivity contribution in [3.63, 3.8) is 0 Å². The number of carbonyl (C=O) groups is 2. The van der Waals surface area contributed by atoms with Gasteiger partial charge in [-0.15, -0.1) is 11.8 Å². The molecular formula is C19H19NO4S. The second kappa shape index (κ2) is 8.07. The molecule has 1 aliphatic heterocycles. The van der Waals surface area contributed by atoms with E-state index in [-0.39, 0.29) is 24.5 Å². The van der Waals surface area contributed by atoms with Gasteiger partial charge in [0.05, 0.1) is 0 Å². The average molecular weight is 357 g/mol. The van der Waals surface area contributed by atoms with Gasteiger partial charge < -0.3 is 14.8 Å². The molecule has 1 aliphatic rings. The normalized spacial score (nSPS) is 12.5. The van der Waals surface area contributed by atoms with Gasteiger partial charge in [0.2, 0.25) is 5.91 Å². The molecule has 0 fully saturated rings. The van der Waals surface area contributed by atoms with Crippen LogP contribution in [0.15, 0.2) is 47.4 Å². The minimum atomic E-state index is -0.178. The Balaban J connectivity index is 1.53. The summed E-state index contributed by atoms with van der Waals surface area (Å²) in [5.74, 6) is 0.956. The molecule has 2 aromatic carbocycles. The minimum absolute atomic E-state index is 0.0927. The molecule has 6 heteroatoms. The SMILES string of the molecule is CSc1ccc(NC(=O)CCC(=O)c2ccc3c(c2)OCCO3)cc1. The van der Waals surface area contributed by atoms with Gasteiger partial charge >= 0.3 is 0 Å². The number of anilines is 1. The lowest BCUT2D eigenvalue weighted by Crippen LogP contribution is -2.16. The Labute approximate surface area is 150 Å². The number of Topliss-reactive ketones (excluding diaryl/α,β-unsaturated/α-hetero) is 1. The molecule has 130 valence electrons. The summed E-state index contributed by atoms with van der Waals surface area (Å²) in [4.78, 5) is 25.4. The van der Waals surface area contributed by atoms with Crippen LogP contribution in [-0.4, -0.2) is 31.2 Å². The van der Waals surface area contributed by atoms with Crippen LogP contribution in [0.2, 0.25) is 0 Å². The van der Waals surface area contributed by atoms with Crippen molar-refractivity contribution in [2.45, 2.75) is 17.7 Å². The zero-order chi connectivity index (χ0) is 17.6. The molecule has 0 bridgehead atoms. The van der Waals surface area contributed by atoms with E-state index in [1.165, 1.54) is 0 Å². The Morgan fingerprint density at radius 1 is 1.00 bits per heavy atom. The van der Waals surface area contributed by atoms with Crippen LogP contribution in [-0.2, 0) is 4.79 Å². The summed E-state index contributed by atoms with van der Waals surface area (Å²) in [5.41, 5.74) is 1.26. The molecule has 0 radical (unpaired) electrons. The number of ketones is 1. The van der Waals surface area contributed by atoms with Crippen LogP contribution in [0.4, 0.5) is 5.69 Å². The second-order valence-corrected chi connectivity index (χ2v) is 6.44. The predicted molar refractivity (Wildman–Crippen MR) is 97.8 cm³/mol. The van der Waals surface area contributed by atoms with Gasteiger partial charge in [-0.3, -0.25) is 9.59 Å². The van der Waals surface area contributed by atoms with Gasteiger partial charge in [-0.25, -0.2) is 0 Å². The third-order valence-electron chi connectivity index (χ3n) is 3.82. The number of nitrogens with one attached hydrogen (secondary N) is 1. The van der Waals surface area contributed by atoms with Gasteiger partial charge in [-0.05, 0) is 48.7 Å². The monoisotopic (exact) mass is 357 g/mol. The lowest BCUT2D eigenvalue weighted by molar-refractivity contribution is -0.116. The van der Waals surface area contributed by atoms with E-state index in [1.54, 1.807) is 30.0 Å². The topological polar surface area (TPSA) is 64.6 Å². The van der Waals surface area contributed by atoms with Gasteiger partial charge in [-0.2, -0.15) is 0 Å². The first-order valence-electron chi connectivity index (χ1n) is 8.02. The summed E-state index contributed by atoms with van der Waals surface area (Å²) in [6.07, 6.45) is 2.28. The number of ether oxygens (including phenoxy) is 2. The van der Waals surface area contributed by atoms with Gasteiger partial charge in [-0.1, -0.05) is 0 Å². The van der Waals surface area contributed by atoms with Crippen molar-refractivity contribution < 1.29 is 19.1 Å². The fraction of sp³-hybridized carbons (Fsp3) is 0.263. The molecule has 25 heavy (non-hydrogen) atoms. The Morgan fingerprint density at radius 2 is 1.72 bits per heavy atom. The molecule has 0 spiro atoms. The smallest absolute Gasteiger partial charge is 0.224 e. The summed E-state index contributed by atoms with van der Waals surface area (Å²) in [7, 11) is 0. The highest BCUT2D eigenvalue weighted by atomic mass is 32.2. The molecule has 0 atom stereocenters. The lowest BCUT2D eigenvalue weighted by atomic mass is 10.1. The molecule has 0 saturated carbocycles. The molecule has 0 saturated heterocycles. The van der Waals surface area contributed by atoms with Crippen molar-refractivity contribution in [2.75, 3.05) is 24.8 Å². The summed E-state index contributed by atoms with van der Waals surface area (Å²) in [6, 6.07) is 12.7. The Hall–Kier alpha value is -2.47. The zero-order valence-corrected chi connectivity index (χ0v) is 14.7. The molecule has 1 heterocycles. The first kappa shape index (κ1) is 17.4. The molecule has 0 aliphatic carbocycles. The van der Waals surface area contributed by atoms with Crippen molar-refractivity contribution in [1.82, 2.24) is 0 Å². The molecule has 0 unspecified atom stereocenters. The molecule has 1 amide bonds. The zero-order valence-electron chi connectivity index (χ0n) is 13.9. The van der Waals surface area contributed by atoms with Crippen molar-refractivity contribution in [2.24, 2.45) is 0 Å². The Morgan fingerprint density at radius 3 is 2.44 bits per heavy atom. The number of fused-ring (bicyclic) bond motifs is 1. The van der Waals surface area contributed by atoms with Crippen molar-refractivity contribution in [3.05, 3.63) is 48.0 Å². The number of amides is 1. The number of benzene rings is 2. The largest absolute Gasteiger partial charge is 0.486 e. The summed E-state index contributed by atoms with van der Waals surface area (Å²) in [6.45, 7) is 0.987. The van der Waals surface area contributed by atoms with E-state index >= 15 is 0 Å². The summed E-state index contributed by atoms with van der Waals surface area (Å²) >= 11 is 1.64. The minimum Gasteiger partial charge on any atom is -0.486 e. The fourth-order valence-electron chi connectivity index (χ4n) is 2.49. The highest BCUT2D eigenvalue weighted by Gasteiger charge is 2.15. The van der Waals surface area contributed by atoms with Crippen LogP contribution in [0.25, 0.3) is 0 Å². The second-order valence-electron chi connectivity index (χ2n) is 5.56. The van der Waals surface area contributed by atoms with E-state index in [4.69, 9.17) is 9.47 Å². The van der Waals surface area contributed by atoms with Crippen LogP contribution in [0.1, 0.15) is 23.2 Å². The van der Waals surface area contributed by atoms with E-state index < -0.39 is 0 Å². The van der Waals surface area contributed by atoms with E-state index in [2.05, 4.69) is 5.32 Å². The molecule has 0 aromatic heterocycles. The fourth-order valence-corrected chi connectivity index (χ4v) is 2.89. The van der Waals surface area contributed by atoms with Crippen molar-refractivity contribution in [3.8, 4) is 11.5 Å². The number of carbonyl (C=O) groups excluding carboxylic acids is 2. The maximum atomic E-state index is 12.3. The maximum Gasteiger partial charge on any atom is 0.224 e. The third-order valence-corrected chi connectivity index (χ3v) is 4.56. The van der Waals surface area contributed by atoms with E-state index in [9.17, 15) is 9.59 Å². The Kier molecular flexibility index (Phi) is 5.60. The molecule has 2 aromatic rings. The van der Waals surface area contributed by atoms with Crippen molar-refractivity contribution in [1.29, 1.82) is 0 Å². The van der Waals surface area contributed by atoms with Crippen LogP contribution < -0.4 is 14.8 Å². The summed E-state index contributed by atoms with van der Waals surface area (Å²) < 4.78 is 10.9. The van der Waals surface area contributed by atoms with Crippen LogP contribution in [0.3, 0.4) is 0 Å². The van der Waals surface area contributed by atoms with E-state index in [0.29, 0.717) is 30.3 Å². The molecule has 3 rings (SSSR count).